The lowest BCUT2D eigenvalue weighted by Crippen LogP contribution is -2.27. The molecule has 3 rings (SSSR count). The molecule has 1 saturated heterocycles. The first-order valence-corrected chi connectivity index (χ1v) is 6.92. The van der Waals surface area contributed by atoms with E-state index in [4.69, 9.17) is 10.5 Å². The van der Waals surface area contributed by atoms with Gasteiger partial charge < -0.3 is 10.5 Å². The molecule has 6 heteroatoms. The molecule has 114 valence electrons. The number of rotatable bonds is 4. The molecule has 1 atom stereocenters. The molecule has 2 aromatic rings. The maximum absolute atomic E-state index is 5.96. The van der Waals surface area contributed by atoms with Crippen LogP contribution in [0.25, 0.3) is 5.69 Å². The van der Waals surface area contributed by atoms with Crippen LogP contribution in [0.5, 0.6) is 5.75 Å². The minimum atomic E-state index is 0. The first-order chi connectivity index (χ1) is 9.78. The van der Waals surface area contributed by atoms with E-state index >= 15 is 0 Å². The van der Waals surface area contributed by atoms with Crippen molar-refractivity contribution in [3.8, 4) is 11.4 Å². The third-order valence-corrected chi connectivity index (χ3v) is 3.73. The Labute approximate surface area is 131 Å². The van der Waals surface area contributed by atoms with Crippen molar-refractivity contribution in [3.63, 3.8) is 0 Å². The molecular weight excluding hydrogens is 288 g/mol. The van der Waals surface area contributed by atoms with Gasteiger partial charge in [-0.25, -0.2) is 4.68 Å². The molecule has 0 saturated carbocycles. The van der Waals surface area contributed by atoms with Gasteiger partial charge >= 0.3 is 0 Å². The Bertz CT molecular complexity index is 587. The topological polar surface area (TPSA) is 56.3 Å². The van der Waals surface area contributed by atoms with E-state index in [9.17, 15) is 0 Å². The summed E-state index contributed by atoms with van der Waals surface area (Å²) in [4.78, 5) is 2.37. The van der Waals surface area contributed by atoms with Crippen LogP contribution in [-0.4, -0.2) is 40.9 Å². The number of halogens is 1. The van der Waals surface area contributed by atoms with Crippen LogP contribution in [0.4, 0.5) is 0 Å². The molecule has 0 unspecified atom stereocenters. The fourth-order valence-corrected chi connectivity index (χ4v) is 2.71. The standard InChI is InChI=1S/C15H20N4O.ClH/c1-20-15-5-3-2-4-14(15)19-13(6-8-17-19)11-18-9-7-12(16)10-18;/h2-6,8,12H,7,9-11,16H2,1H3;1H/t12-;/m1./s1. The second kappa shape index (κ2) is 6.93. The summed E-state index contributed by atoms with van der Waals surface area (Å²) in [7, 11) is 1.68. The second-order valence-corrected chi connectivity index (χ2v) is 5.19. The fraction of sp³-hybridized carbons (Fsp3) is 0.400. The van der Waals surface area contributed by atoms with E-state index in [1.807, 2.05) is 35.1 Å². The molecule has 1 fully saturated rings. The zero-order valence-electron chi connectivity index (χ0n) is 12.1. The maximum Gasteiger partial charge on any atom is 0.144 e. The third-order valence-electron chi connectivity index (χ3n) is 3.73. The predicted octanol–water partition coefficient (Wildman–Crippen LogP) is 1.84. The first kappa shape index (κ1) is 15.8. The third kappa shape index (κ3) is 3.37. The molecule has 0 radical (unpaired) electrons. The van der Waals surface area contributed by atoms with E-state index in [0.29, 0.717) is 6.04 Å². The number of benzene rings is 1. The summed E-state index contributed by atoms with van der Waals surface area (Å²) in [5.41, 5.74) is 8.09. The van der Waals surface area contributed by atoms with Crippen molar-refractivity contribution in [2.24, 2.45) is 5.73 Å². The van der Waals surface area contributed by atoms with Gasteiger partial charge in [0.1, 0.15) is 11.4 Å². The zero-order chi connectivity index (χ0) is 13.9. The van der Waals surface area contributed by atoms with Crippen molar-refractivity contribution in [3.05, 3.63) is 42.2 Å². The average molecular weight is 309 g/mol. The van der Waals surface area contributed by atoms with E-state index in [-0.39, 0.29) is 12.4 Å². The van der Waals surface area contributed by atoms with Gasteiger partial charge in [0, 0.05) is 31.9 Å². The number of nitrogens with two attached hydrogens (primary N) is 1. The number of likely N-dealkylation sites (tertiary alicyclic amines) is 1. The van der Waals surface area contributed by atoms with E-state index in [2.05, 4.69) is 16.1 Å². The fourth-order valence-electron chi connectivity index (χ4n) is 2.71. The number of para-hydroxylation sites is 2. The largest absolute Gasteiger partial charge is 0.494 e. The number of ether oxygens (including phenoxy) is 1. The summed E-state index contributed by atoms with van der Waals surface area (Å²) < 4.78 is 7.36. The molecule has 0 bridgehead atoms. The van der Waals surface area contributed by atoms with E-state index in [1.54, 1.807) is 7.11 Å². The van der Waals surface area contributed by atoms with Crippen molar-refractivity contribution in [2.75, 3.05) is 20.2 Å². The van der Waals surface area contributed by atoms with Crippen LogP contribution in [0.3, 0.4) is 0 Å². The monoisotopic (exact) mass is 308 g/mol. The van der Waals surface area contributed by atoms with Crippen LogP contribution in [0.15, 0.2) is 36.5 Å². The molecule has 0 spiro atoms. The van der Waals surface area contributed by atoms with Crippen LogP contribution in [0.1, 0.15) is 12.1 Å². The molecule has 0 aliphatic carbocycles. The average Bonchev–Trinajstić information content (AvgIpc) is 3.08. The highest BCUT2D eigenvalue weighted by molar-refractivity contribution is 5.85. The lowest BCUT2D eigenvalue weighted by atomic mass is 10.3. The van der Waals surface area contributed by atoms with Crippen molar-refractivity contribution in [1.29, 1.82) is 0 Å². The predicted molar refractivity (Wildman–Crippen MR) is 85.2 cm³/mol. The SMILES string of the molecule is COc1ccccc1-n1nccc1CN1CC[C@@H](N)C1.Cl. The maximum atomic E-state index is 5.96. The molecule has 1 aromatic carbocycles. The molecule has 2 N–H and O–H groups in total. The Morgan fingerprint density at radius 3 is 2.86 bits per heavy atom. The molecule has 1 aliphatic heterocycles. The minimum absolute atomic E-state index is 0. The van der Waals surface area contributed by atoms with Crippen molar-refractivity contribution in [2.45, 2.75) is 19.0 Å². The van der Waals surface area contributed by atoms with Gasteiger partial charge in [0.2, 0.25) is 0 Å². The Kier molecular flexibility index (Phi) is 5.22. The molecule has 0 amide bonds. The van der Waals surface area contributed by atoms with Gasteiger partial charge in [-0.1, -0.05) is 12.1 Å². The number of aromatic nitrogens is 2. The van der Waals surface area contributed by atoms with Crippen LogP contribution < -0.4 is 10.5 Å². The Hall–Kier alpha value is -1.56. The van der Waals surface area contributed by atoms with Gasteiger partial charge in [0.05, 0.1) is 12.8 Å². The number of nitrogens with zero attached hydrogens (tertiary/aromatic N) is 3. The number of hydrogen-bond acceptors (Lipinski definition) is 4. The second-order valence-electron chi connectivity index (χ2n) is 5.19. The van der Waals surface area contributed by atoms with Gasteiger partial charge in [-0.05, 0) is 24.6 Å². The van der Waals surface area contributed by atoms with Crippen LogP contribution in [-0.2, 0) is 6.54 Å². The molecule has 21 heavy (non-hydrogen) atoms. The smallest absolute Gasteiger partial charge is 0.144 e. The molecule has 2 heterocycles. The first-order valence-electron chi connectivity index (χ1n) is 6.92. The van der Waals surface area contributed by atoms with E-state index in [0.717, 1.165) is 43.2 Å². The highest BCUT2D eigenvalue weighted by Crippen LogP contribution is 2.23. The van der Waals surface area contributed by atoms with Gasteiger partial charge in [0.15, 0.2) is 0 Å². The van der Waals surface area contributed by atoms with Gasteiger partial charge in [-0.2, -0.15) is 5.10 Å². The Morgan fingerprint density at radius 1 is 1.33 bits per heavy atom. The highest BCUT2D eigenvalue weighted by Gasteiger charge is 2.20. The summed E-state index contributed by atoms with van der Waals surface area (Å²) in [6, 6.07) is 10.3. The van der Waals surface area contributed by atoms with Gasteiger partial charge in [-0.15, -0.1) is 12.4 Å². The summed E-state index contributed by atoms with van der Waals surface area (Å²) in [6.07, 6.45) is 2.90. The minimum Gasteiger partial charge on any atom is -0.494 e. The normalized spacial score (nSPS) is 18.5. The number of hydrogen-bond donors (Lipinski definition) is 1. The zero-order valence-corrected chi connectivity index (χ0v) is 12.9. The van der Waals surface area contributed by atoms with Crippen LogP contribution in [0.2, 0.25) is 0 Å². The van der Waals surface area contributed by atoms with Crippen molar-refractivity contribution < 1.29 is 4.74 Å². The Morgan fingerprint density at radius 2 is 2.14 bits per heavy atom. The summed E-state index contributed by atoms with van der Waals surface area (Å²) in [5.74, 6) is 0.829. The lowest BCUT2D eigenvalue weighted by molar-refractivity contribution is 0.319. The summed E-state index contributed by atoms with van der Waals surface area (Å²) >= 11 is 0. The summed E-state index contributed by atoms with van der Waals surface area (Å²) in [5, 5.41) is 4.43. The highest BCUT2D eigenvalue weighted by atomic mass is 35.5. The van der Waals surface area contributed by atoms with Crippen LogP contribution >= 0.6 is 12.4 Å². The quantitative estimate of drug-likeness (QED) is 0.936. The van der Waals surface area contributed by atoms with Gasteiger partial charge in [-0.3, -0.25) is 4.90 Å². The van der Waals surface area contributed by atoms with Gasteiger partial charge in [0.25, 0.3) is 0 Å². The number of methoxy groups -OCH3 is 1. The lowest BCUT2D eigenvalue weighted by Gasteiger charge is -2.17. The van der Waals surface area contributed by atoms with Crippen molar-refractivity contribution >= 4 is 12.4 Å². The molecule has 1 aliphatic rings. The van der Waals surface area contributed by atoms with E-state index < -0.39 is 0 Å². The molecule has 1 aromatic heterocycles. The molecular formula is C15H21ClN4O. The molecule has 5 nitrogen and oxygen atoms in total. The summed E-state index contributed by atoms with van der Waals surface area (Å²) in [6.45, 7) is 2.88. The van der Waals surface area contributed by atoms with Crippen LogP contribution in [0, 0.1) is 0 Å². The van der Waals surface area contributed by atoms with Crippen molar-refractivity contribution in [1.82, 2.24) is 14.7 Å². The Balaban J connectivity index is 0.00000161. The van der Waals surface area contributed by atoms with E-state index in [1.165, 1.54) is 0 Å².